The number of ketones is 1. The fraction of sp³-hybridized carbons (Fsp3) is 0.222. The summed E-state index contributed by atoms with van der Waals surface area (Å²) < 4.78 is 25.0. The van der Waals surface area contributed by atoms with Crippen LogP contribution in [-0.4, -0.2) is 10.6 Å². The Kier molecular flexibility index (Phi) is 2.81. The van der Waals surface area contributed by atoms with Crippen LogP contribution in [0.1, 0.15) is 15.9 Å². The Balaban J connectivity index is 3.03. The van der Waals surface area contributed by atoms with Crippen LogP contribution in [0.25, 0.3) is 0 Å². The normalized spacial score (nSPS) is 11.4. The molecule has 0 aliphatic carbocycles. The van der Waals surface area contributed by atoms with Crippen LogP contribution in [0.3, 0.4) is 0 Å². The van der Waals surface area contributed by atoms with Crippen molar-refractivity contribution in [1.82, 2.24) is 0 Å². The molecule has 0 aromatic heterocycles. The SMILES string of the molecule is Cc1cccc(C(=O)C(F)(F)Br)c1. The Morgan fingerprint density at radius 2 is 2.08 bits per heavy atom. The maximum Gasteiger partial charge on any atom is 0.363 e. The molecule has 0 unspecified atom stereocenters. The molecule has 0 radical (unpaired) electrons. The molecule has 0 N–H and O–H groups in total. The standard InChI is InChI=1S/C9H7BrF2O/c1-6-3-2-4-7(5-6)8(13)9(10,11)12/h2-5H,1H3. The summed E-state index contributed by atoms with van der Waals surface area (Å²) in [7, 11) is 0. The summed E-state index contributed by atoms with van der Waals surface area (Å²) in [4.78, 5) is 7.55. The summed E-state index contributed by atoms with van der Waals surface area (Å²) in [5.41, 5.74) is 0.796. The maximum atomic E-state index is 12.5. The van der Waals surface area contributed by atoms with Crippen LogP contribution in [0.15, 0.2) is 24.3 Å². The highest BCUT2D eigenvalue weighted by Gasteiger charge is 2.35. The van der Waals surface area contributed by atoms with Gasteiger partial charge in [-0.2, -0.15) is 8.78 Å². The highest BCUT2D eigenvalue weighted by atomic mass is 79.9. The van der Waals surface area contributed by atoms with Crippen molar-refractivity contribution in [2.75, 3.05) is 0 Å². The first-order valence-electron chi connectivity index (χ1n) is 3.59. The number of carbonyl (C=O) groups is 1. The molecule has 0 heterocycles. The Bertz CT molecular complexity index is 331. The van der Waals surface area contributed by atoms with Crippen LogP contribution in [0.4, 0.5) is 8.78 Å². The van der Waals surface area contributed by atoms with Crippen molar-refractivity contribution in [1.29, 1.82) is 0 Å². The van der Waals surface area contributed by atoms with Crippen LogP contribution < -0.4 is 0 Å². The first kappa shape index (κ1) is 10.3. The average molecular weight is 249 g/mol. The minimum Gasteiger partial charge on any atom is -0.286 e. The topological polar surface area (TPSA) is 17.1 Å². The van der Waals surface area contributed by atoms with E-state index in [-0.39, 0.29) is 5.56 Å². The lowest BCUT2D eigenvalue weighted by atomic mass is 10.1. The van der Waals surface area contributed by atoms with Gasteiger partial charge in [-0.1, -0.05) is 23.8 Å². The second-order valence-electron chi connectivity index (χ2n) is 2.70. The van der Waals surface area contributed by atoms with E-state index in [0.29, 0.717) is 0 Å². The molecule has 0 saturated heterocycles. The van der Waals surface area contributed by atoms with Gasteiger partial charge in [0.2, 0.25) is 5.78 Å². The number of Topliss-reactive ketones (excluding diaryl/α,β-unsaturated/α-hetero) is 1. The van der Waals surface area contributed by atoms with Gasteiger partial charge in [-0.05, 0) is 28.9 Å². The van der Waals surface area contributed by atoms with E-state index in [4.69, 9.17) is 0 Å². The van der Waals surface area contributed by atoms with Crippen LogP contribution >= 0.6 is 15.9 Å². The Morgan fingerprint density at radius 3 is 2.54 bits per heavy atom. The zero-order valence-corrected chi connectivity index (χ0v) is 8.44. The van der Waals surface area contributed by atoms with E-state index in [9.17, 15) is 13.6 Å². The highest BCUT2D eigenvalue weighted by molar-refractivity contribution is 9.10. The molecule has 1 aromatic carbocycles. The maximum absolute atomic E-state index is 12.5. The monoisotopic (exact) mass is 248 g/mol. The number of rotatable bonds is 2. The molecular weight excluding hydrogens is 242 g/mol. The third-order valence-corrected chi connectivity index (χ3v) is 1.90. The lowest BCUT2D eigenvalue weighted by Crippen LogP contribution is -2.20. The number of benzene rings is 1. The van der Waals surface area contributed by atoms with Crippen molar-refractivity contribution in [3.8, 4) is 0 Å². The molecule has 0 fully saturated rings. The molecule has 0 spiro atoms. The van der Waals surface area contributed by atoms with E-state index >= 15 is 0 Å². The lowest BCUT2D eigenvalue weighted by molar-refractivity contribution is 0.0592. The molecular formula is C9H7BrF2O. The van der Waals surface area contributed by atoms with Crippen molar-refractivity contribution < 1.29 is 13.6 Å². The van der Waals surface area contributed by atoms with Gasteiger partial charge in [0, 0.05) is 5.56 Å². The number of hydrogen-bond acceptors (Lipinski definition) is 1. The van der Waals surface area contributed by atoms with E-state index in [1.54, 1.807) is 19.1 Å². The van der Waals surface area contributed by atoms with E-state index in [1.807, 2.05) is 15.9 Å². The molecule has 1 aromatic rings. The van der Waals surface area contributed by atoms with Crippen molar-refractivity contribution >= 4 is 21.7 Å². The second-order valence-corrected chi connectivity index (χ2v) is 3.69. The zero-order chi connectivity index (χ0) is 10.1. The van der Waals surface area contributed by atoms with Gasteiger partial charge in [0.15, 0.2) is 0 Å². The van der Waals surface area contributed by atoms with Crippen LogP contribution in [0.2, 0.25) is 0 Å². The smallest absolute Gasteiger partial charge is 0.286 e. The van der Waals surface area contributed by atoms with Crippen molar-refractivity contribution in [3.05, 3.63) is 35.4 Å². The predicted octanol–water partition coefficient (Wildman–Crippen LogP) is 3.17. The number of halogens is 3. The molecule has 1 nitrogen and oxygen atoms in total. The van der Waals surface area contributed by atoms with Crippen molar-refractivity contribution in [2.24, 2.45) is 0 Å². The summed E-state index contributed by atoms with van der Waals surface area (Å²) in [5, 5.41) is 0. The van der Waals surface area contributed by atoms with E-state index in [2.05, 4.69) is 0 Å². The molecule has 0 aliphatic heterocycles. The van der Waals surface area contributed by atoms with Gasteiger partial charge in [-0.25, -0.2) is 0 Å². The van der Waals surface area contributed by atoms with Crippen LogP contribution in [0.5, 0.6) is 0 Å². The largest absolute Gasteiger partial charge is 0.363 e. The zero-order valence-electron chi connectivity index (χ0n) is 6.85. The van der Waals surface area contributed by atoms with Gasteiger partial charge in [0.25, 0.3) is 0 Å². The van der Waals surface area contributed by atoms with Crippen molar-refractivity contribution in [3.63, 3.8) is 0 Å². The number of aryl methyl sites for hydroxylation is 1. The molecule has 4 heteroatoms. The van der Waals surface area contributed by atoms with Crippen LogP contribution in [-0.2, 0) is 0 Å². The van der Waals surface area contributed by atoms with Crippen LogP contribution in [0, 0.1) is 6.92 Å². The van der Waals surface area contributed by atoms with Gasteiger partial charge in [0.1, 0.15) is 0 Å². The predicted molar refractivity (Wildman–Crippen MR) is 49.4 cm³/mol. The molecule has 0 aliphatic rings. The average Bonchev–Trinajstić information content (AvgIpc) is 2.01. The summed E-state index contributed by atoms with van der Waals surface area (Å²) in [5.74, 6) is -1.21. The van der Waals surface area contributed by atoms with Gasteiger partial charge in [-0.15, -0.1) is 0 Å². The number of carbonyl (C=O) groups excluding carboxylic acids is 1. The third kappa shape index (κ3) is 2.59. The van der Waals surface area contributed by atoms with Gasteiger partial charge >= 0.3 is 4.83 Å². The summed E-state index contributed by atoms with van der Waals surface area (Å²) >= 11 is 2.02. The summed E-state index contributed by atoms with van der Waals surface area (Å²) in [6.45, 7) is 1.74. The molecule has 0 atom stereocenters. The quantitative estimate of drug-likeness (QED) is 0.581. The highest BCUT2D eigenvalue weighted by Crippen LogP contribution is 2.26. The Hall–Kier alpha value is -0.770. The van der Waals surface area contributed by atoms with Crippen molar-refractivity contribution in [2.45, 2.75) is 11.8 Å². The molecule has 0 saturated carbocycles. The second kappa shape index (κ2) is 3.54. The Labute approximate surface area is 82.9 Å². The van der Waals surface area contributed by atoms with Gasteiger partial charge in [-0.3, -0.25) is 4.79 Å². The van der Waals surface area contributed by atoms with E-state index in [0.717, 1.165) is 5.56 Å². The summed E-state index contributed by atoms with van der Waals surface area (Å²) in [6.07, 6.45) is 0. The van der Waals surface area contributed by atoms with E-state index in [1.165, 1.54) is 12.1 Å². The fourth-order valence-electron chi connectivity index (χ4n) is 0.950. The fourth-order valence-corrected chi connectivity index (χ4v) is 1.18. The molecule has 0 bridgehead atoms. The van der Waals surface area contributed by atoms with E-state index < -0.39 is 10.6 Å². The lowest BCUT2D eigenvalue weighted by Gasteiger charge is -2.06. The number of alkyl halides is 3. The summed E-state index contributed by atoms with van der Waals surface area (Å²) in [6, 6.07) is 6.10. The molecule has 70 valence electrons. The van der Waals surface area contributed by atoms with Gasteiger partial charge < -0.3 is 0 Å². The first-order chi connectivity index (χ1) is 5.91. The number of hydrogen-bond donors (Lipinski definition) is 0. The van der Waals surface area contributed by atoms with Gasteiger partial charge in [0.05, 0.1) is 0 Å². The minimum absolute atomic E-state index is 0.0156. The molecule has 1 rings (SSSR count). The third-order valence-electron chi connectivity index (χ3n) is 1.54. The minimum atomic E-state index is -3.47. The first-order valence-corrected chi connectivity index (χ1v) is 4.39. The molecule has 0 amide bonds. The molecule has 13 heavy (non-hydrogen) atoms. The Morgan fingerprint density at radius 1 is 1.46 bits per heavy atom.